The van der Waals surface area contributed by atoms with Gasteiger partial charge in [0, 0.05) is 41.4 Å². The monoisotopic (exact) mass is 327 g/mol. The summed E-state index contributed by atoms with van der Waals surface area (Å²) in [5, 5.41) is 0. The third kappa shape index (κ3) is 2.68. The van der Waals surface area contributed by atoms with E-state index in [1.54, 1.807) is 0 Å². The summed E-state index contributed by atoms with van der Waals surface area (Å²) in [6.07, 6.45) is 0. The van der Waals surface area contributed by atoms with E-state index in [0.29, 0.717) is 11.0 Å². The van der Waals surface area contributed by atoms with Crippen LogP contribution in [0.4, 0.5) is 5.69 Å². The SMILES string of the molecule is CC1CN(C)CCN1c1cccc(Br)c1C(N)=S. The van der Waals surface area contributed by atoms with E-state index >= 15 is 0 Å². The zero-order valence-electron chi connectivity index (χ0n) is 10.7. The van der Waals surface area contributed by atoms with Gasteiger partial charge in [0.25, 0.3) is 0 Å². The van der Waals surface area contributed by atoms with Crippen molar-refractivity contribution in [3.63, 3.8) is 0 Å². The molecule has 0 aliphatic carbocycles. The molecule has 98 valence electrons. The number of anilines is 1. The molecule has 1 atom stereocenters. The van der Waals surface area contributed by atoms with E-state index in [0.717, 1.165) is 35.4 Å². The van der Waals surface area contributed by atoms with Gasteiger partial charge >= 0.3 is 0 Å². The minimum absolute atomic E-state index is 0.448. The molecule has 1 aliphatic heterocycles. The van der Waals surface area contributed by atoms with Crippen LogP contribution in [-0.2, 0) is 0 Å². The molecule has 1 aromatic rings. The van der Waals surface area contributed by atoms with Gasteiger partial charge in [-0.2, -0.15) is 0 Å². The molecule has 0 radical (unpaired) electrons. The lowest BCUT2D eigenvalue weighted by molar-refractivity contribution is 0.275. The summed E-state index contributed by atoms with van der Waals surface area (Å²) in [6, 6.07) is 6.58. The predicted molar refractivity (Wildman–Crippen MR) is 84.3 cm³/mol. The summed E-state index contributed by atoms with van der Waals surface area (Å²) < 4.78 is 0.971. The van der Waals surface area contributed by atoms with Gasteiger partial charge in [0.1, 0.15) is 4.99 Å². The normalized spacial score (nSPS) is 21.1. The topological polar surface area (TPSA) is 32.5 Å². The van der Waals surface area contributed by atoms with E-state index in [1.807, 2.05) is 12.1 Å². The standard InChI is InChI=1S/C13H18BrN3S/c1-9-8-16(2)6-7-17(9)11-5-3-4-10(14)12(11)13(15)18/h3-5,9H,6-8H2,1-2H3,(H2,15,18). The molecule has 0 saturated carbocycles. The van der Waals surface area contributed by atoms with Crippen LogP contribution in [0.5, 0.6) is 0 Å². The van der Waals surface area contributed by atoms with E-state index in [2.05, 4.69) is 45.8 Å². The average molecular weight is 328 g/mol. The second-order valence-corrected chi connectivity index (χ2v) is 6.10. The zero-order valence-corrected chi connectivity index (χ0v) is 13.1. The second-order valence-electron chi connectivity index (χ2n) is 4.80. The largest absolute Gasteiger partial charge is 0.389 e. The molecule has 3 nitrogen and oxygen atoms in total. The Hall–Kier alpha value is -0.650. The molecule has 1 saturated heterocycles. The minimum atomic E-state index is 0.448. The van der Waals surface area contributed by atoms with Crippen LogP contribution < -0.4 is 10.6 Å². The summed E-state index contributed by atoms with van der Waals surface area (Å²) in [4.78, 5) is 5.18. The first-order chi connectivity index (χ1) is 8.50. The van der Waals surface area contributed by atoms with Gasteiger partial charge in [0.15, 0.2) is 0 Å². The van der Waals surface area contributed by atoms with Gasteiger partial charge < -0.3 is 15.5 Å². The van der Waals surface area contributed by atoms with Crippen LogP contribution in [0.1, 0.15) is 12.5 Å². The third-order valence-electron chi connectivity index (χ3n) is 3.38. The maximum absolute atomic E-state index is 5.86. The van der Waals surface area contributed by atoms with Crippen LogP contribution in [0, 0.1) is 0 Å². The molecule has 0 aromatic heterocycles. The number of likely N-dealkylation sites (N-methyl/N-ethyl adjacent to an activating group) is 1. The zero-order chi connectivity index (χ0) is 13.3. The van der Waals surface area contributed by atoms with Gasteiger partial charge in [-0.25, -0.2) is 0 Å². The van der Waals surface area contributed by atoms with E-state index in [-0.39, 0.29) is 0 Å². The number of thiocarbonyl (C=S) groups is 1. The number of nitrogens with two attached hydrogens (primary N) is 1. The Morgan fingerprint density at radius 1 is 1.44 bits per heavy atom. The minimum Gasteiger partial charge on any atom is -0.389 e. The molecule has 1 aliphatic rings. The van der Waals surface area contributed by atoms with Gasteiger partial charge in [0.2, 0.25) is 0 Å². The summed E-state index contributed by atoms with van der Waals surface area (Å²) in [5.74, 6) is 0. The van der Waals surface area contributed by atoms with E-state index in [1.165, 1.54) is 0 Å². The molecule has 0 amide bonds. The van der Waals surface area contributed by atoms with E-state index < -0.39 is 0 Å². The smallest absolute Gasteiger partial charge is 0.107 e. The summed E-state index contributed by atoms with van der Waals surface area (Å²) >= 11 is 8.72. The van der Waals surface area contributed by atoms with Crippen molar-refractivity contribution in [2.75, 3.05) is 31.6 Å². The van der Waals surface area contributed by atoms with Crippen molar-refractivity contribution in [2.24, 2.45) is 5.73 Å². The summed E-state index contributed by atoms with van der Waals surface area (Å²) in [6.45, 7) is 5.36. The number of hydrogen-bond acceptors (Lipinski definition) is 3. The molecule has 1 aromatic carbocycles. The molecular weight excluding hydrogens is 310 g/mol. The van der Waals surface area contributed by atoms with Crippen molar-refractivity contribution in [3.05, 3.63) is 28.2 Å². The molecule has 1 heterocycles. The fraction of sp³-hybridized carbons (Fsp3) is 0.462. The highest BCUT2D eigenvalue weighted by atomic mass is 79.9. The van der Waals surface area contributed by atoms with E-state index in [9.17, 15) is 0 Å². The van der Waals surface area contributed by atoms with Crippen LogP contribution in [0.25, 0.3) is 0 Å². The molecular formula is C13H18BrN3S. The van der Waals surface area contributed by atoms with Crippen molar-refractivity contribution < 1.29 is 0 Å². The van der Waals surface area contributed by atoms with Crippen LogP contribution in [0.3, 0.4) is 0 Å². The van der Waals surface area contributed by atoms with Crippen molar-refractivity contribution in [1.29, 1.82) is 0 Å². The Labute approximate surface area is 122 Å². The van der Waals surface area contributed by atoms with Gasteiger partial charge in [0.05, 0.1) is 0 Å². The van der Waals surface area contributed by atoms with Gasteiger partial charge in [-0.15, -0.1) is 0 Å². The Morgan fingerprint density at radius 3 is 2.78 bits per heavy atom. The number of rotatable bonds is 2. The number of benzene rings is 1. The highest BCUT2D eigenvalue weighted by molar-refractivity contribution is 9.10. The molecule has 18 heavy (non-hydrogen) atoms. The number of hydrogen-bond donors (Lipinski definition) is 1. The van der Waals surface area contributed by atoms with E-state index in [4.69, 9.17) is 18.0 Å². The first kappa shape index (κ1) is 13.8. The third-order valence-corrected chi connectivity index (χ3v) is 4.24. The van der Waals surface area contributed by atoms with Crippen molar-refractivity contribution in [1.82, 2.24) is 4.90 Å². The van der Waals surface area contributed by atoms with Crippen molar-refractivity contribution >= 4 is 38.8 Å². The van der Waals surface area contributed by atoms with Crippen LogP contribution in [0.2, 0.25) is 0 Å². The lowest BCUT2D eigenvalue weighted by Gasteiger charge is -2.40. The quantitative estimate of drug-likeness (QED) is 0.844. The molecule has 2 N–H and O–H groups in total. The Bertz CT molecular complexity index is 464. The molecule has 1 fully saturated rings. The number of piperazine rings is 1. The Balaban J connectivity index is 2.39. The van der Waals surface area contributed by atoms with Gasteiger partial charge in [-0.3, -0.25) is 0 Å². The molecule has 0 bridgehead atoms. The lowest BCUT2D eigenvalue weighted by atomic mass is 10.1. The molecule has 5 heteroatoms. The summed E-state index contributed by atoms with van der Waals surface area (Å²) in [5.41, 5.74) is 7.94. The number of halogens is 1. The fourth-order valence-electron chi connectivity index (χ4n) is 2.49. The maximum Gasteiger partial charge on any atom is 0.107 e. The highest BCUT2D eigenvalue weighted by Crippen LogP contribution is 2.30. The van der Waals surface area contributed by atoms with Crippen LogP contribution in [0.15, 0.2) is 22.7 Å². The summed E-state index contributed by atoms with van der Waals surface area (Å²) in [7, 11) is 2.16. The first-order valence-corrected chi connectivity index (χ1v) is 7.24. The molecule has 0 spiro atoms. The predicted octanol–water partition coefficient (Wildman–Crippen LogP) is 2.22. The van der Waals surface area contributed by atoms with Gasteiger partial charge in [-0.1, -0.05) is 18.3 Å². The first-order valence-electron chi connectivity index (χ1n) is 6.04. The van der Waals surface area contributed by atoms with Crippen molar-refractivity contribution in [3.8, 4) is 0 Å². The van der Waals surface area contributed by atoms with Crippen molar-refractivity contribution in [2.45, 2.75) is 13.0 Å². The highest BCUT2D eigenvalue weighted by Gasteiger charge is 2.24. The maximum atomic E-state index is 5.86. The molecule has 2 rings (SSSR count). The Kier molecular flexibility index (Phi) is 4.25. The van der Waals surface area contributed by atoms with Crippen LogP contribution >= 0.6 is 28.1 Å². The van der Waals surface area contributed by atoms with Crippen LogP contribution in [-0.4, -0.2) is 42.6 Å². The lowest BCUT2D eigenvalue weighted by Crippen LogP contribution is -2.51. The second kappa shape index (κ2) is 5.55. The number of nitrogens with zero attached hydrogens (tertiary/aromatic N) is 2. The van der Waals surface area contributed by atoms with Gasteiger partial charge in [-0.05, 0) is 42.0 Å². The average Bonchev–Trinajstić information content (AvgIpc) is 2.28. The Morgan fingerprint density at radius 2 is 2.17 bits per heavy atom. The fourth-order valence-corrected chi connectivity index (χ4v) is 3.41. The molecule has 1 unspecified atom stereocenters.